The lowest BCUT2D eigenvalue weighted by Crippen LogP contribution is -2.40. The molecule has 0 atom stereocenters. The van der Waals surface area contributed by atoms with E-state index in [1.165, 1.54) is 18.4 Å². The van der Waals surface area contributed by atoms with Crippen LogP contribution in [0.5, 0.6) is 0 Å². The van der Waals surface area contributed by atoms with Gasteiger partial charge in [0.15, 0.2) is 0 Å². The highest BCUT2D eigenvalue weighted by Crippen LogP contribution is 2.36. The molecule has 1 aliphatic carbocycles. The van der Waals surface area contributed by atoms with Crippen molar-refractivity contribution in [2.75, 3.05) is 13.1 Å². The van der Waals surface area contributed by atoms with Gasteiger partial charge in [-0.25, -0.2) is 0 Å². The zero-order valence-electron chi connectivity index (χ0n) is 12.6. The molecule has 0 aromatic heterocycles. The van der Waals surface area contributed by atoms with E-state index in [2.05, 4.69) is 19.2 Å². The van der Waals surface area contributed by atoms with E-state index in [1.54, 1.807) is 0 Å². The summed E-state index contributed by atoms with van der Waals surface area (Å²) in [6, 6.07) is 7.89. The number of amides is 1. The summed E-state index contributed by atoms with van der Waals surface area (Å²) in [7, 11) is 0. The molecule has 3 N–H and O–H groups in total. The van der Waals surface area contributed by atoms with Crippen LogP contribution in [0, 0.1) is 5.41 Å². The maximum atomic E-state index is 12.2. The van der Waals surface area contributed by atoms with Crippen molar-refractivity contribution >= 4 is 5.91 Å². The fourth-order valence-corrected chi connectivity index (χ4v) is 2.97. The van der Waals surface area contributed by atoms with Crippen molar-refractivity contribution in [1.29, 1.82) is 0 Å². The van der Waals surface area contributed by atoms with Crippen LogP contribution in [0.15, 0.2) is 24.3 Å². The van der Waals surface area contributed by atoms with Crippen molar-refractivity contribution in [3.05, 3.63) is 35.4 Å². The zero-order valence-corrected chi connectivity index (χ0v) is 12.6. The van der Waals surface area contributed by atoms with Gasteiger partial charge in [-0.15, -0.1) is 0 Å². The molecule has 0 bridgehead atoms. The number of carbonyl (C=O) groups excluding carboxylic acids is 1. The van der Waals surface area contributed by atoms with Crippen LogP contribution in [0.4, 0.5) is 0 Å². The highest BCUT2D eigenvalue weighted by atomic mass is 16.1. The average molecular weight is 274 g/mol. The number of nitrogens with one attached hydrogen (secondary N) is 1. The number of nitrogens with two attached hydrogens (primary N) is 1. The summed E-state index contributed by atoms with van der Waals surface area (Å²) >= 11 is 0. The Morgan fingerprint density at radius 3 is 2.35 bits per heavy atom. The molecular weight excluding hydrogens is 248 g/mol. The molecule has 0 heterocycles. The Kier molecular flexibility index (Phi) is 4.81. The molecule has 3 nitrogen and oxygen atoms in total. The number of hydrogen-bond donors (Lipinski definition) is 2. The molecule has 3 heteroatoms. The van der Waals surface area contributed by atoms with Gasteiger partial charge in [0.2, 0.25) is 0 Å². The van der Waals surface area contributed by atoms with Crippen LogP contribution in [-0.2, 0) is 0 Å². The Morgan fingerprint density at radius 2 is 1.85 bits per heavy atom. The van der Waals surface area contributed by atoms with Gasteiger partial charge in [0.1, 0.15) is 0 Å². The van der Waals surface area contributed by atoms with Crippen molar-refractivity contribution < 1.29 is 4.79 Å². The van der Waals surface area contributed by atoms with Gasteiger partial charge in [0.25, 0.3) is 5.91 Å². The van der Waals surface area contributed by atoms with Crippen LogP contribution >= 0.6 is 0 Å². The monoisotopic (exact) mass is 274 g/mol. The molecule has 0 unspecified atom stereocenters. The van der Waals surface area contributed by atoms with Gasteiger partial charge in [-0.2, -0.15) is 0 Å². The van der Waals surface area contributed by atoms with Crippen LogP contribution in [0.1, 0.15) is 61.4 Å². The van der Waals surface area contributed by atoms with Gasteiger partial charge in [-0.05, 0) is 48.4 Å². The fraction of sp³-hybridized carbons (Fsp3) is 0.588. The lowest BCUT2D eigenvalue weighted by atomic mass is 9.86. The average Bonchev–Trinajstić information content (AvgIpc) is 2.94. The van der Waals surface area contributed by atoms with Gasteiger partial charge in [-0.1, -0.05) is 38.8 Å². The second-order valence-electron chi connectivity index (χ2n) is 6.37. The van der Waals surface area contributed by atoms with Gasteiger partial charge < -0.3 is 11.1 Å². The Labute approximate surface area is 121 Å². The third-order valence-electron chi connectivity index (χ3n) is 4.56. The SMILES string of the molecule is CC(C)c1ccc(C(=O)NCC2(CN)CCCC2)cc1. The summed E-state index contributed by atoms with van der Waals surface area (Å²) in [5.41, 5.74) is 8.02. The first-order valence-corrected chi connectivity index (χ1v) is 7.64. The van der Waals surface area contributed by atoms with Crippen molar-refractivity contribution in [2.24, 2.45) is 11.1 Å². The lowest BCUT2D eigenvalue weighted by Gasteiger charge is -2.27. The van der Waals surface area contributed by atoms with Gasteiger partial charge in [0, 0.05) is 12.1 Å². The fourth-order valence-electron chi connectivity index (χ4n) is 2.97. The Balaban J connectivity index is 1.94. The minimum atomic E-state index is 0.0139. The van der Waals surface area contributed by atoms with Crippen LogP contribution in [0.2, 0.25) is 0 Å². The van der Waals surface area contributed by atoms with Crippen LogP contribution in [0.25, 0.3) is 0 Å². The van der Waals surface area contributed by atoms with Crippen LogP contribution < -0.4 is 11.1 Å². The van der Waals surface area contributed by atoms with E-state index in [1.807, 2.05) is 24.3 Å². The largest absolute Gasteiger partial charge is 0.351 e. The molecule has 110 valence electrons. The van der Waals surface area contributed by atoms with Crippen LogP contribution in [-0.4, -0.2) is 19.0 Å². The summed E-state index contributed by atoms with van der Waals surface area (Å²) in [6.07, 6.45) is 4.73. The van der Waals surface area contributed by atoms with Gasteiger partial charge >= 0.3 is 0 Å². The first-order chi connectivity index (χ1) is 9.56. The molecular formula is C17H26N2O. The molecule has 1 aromatic carbocycles. The number of rotatable bonds is 5. The molecule has 1 fully saturated rings. The molecule has 0 radical (unpaired) electrons. The highest BCUT2D eigenvalue weighted by molar-refractivity contribution is 5.94. The Hall–Kier alpha value is -1.35. The quantitative estimate of drug-likeness (QED) is 0.867. The molecule has 1 aliphatic rings. The normalized spacial score (nSPS) is 17.4. The van der Waals surface area contributed by atoms with Gasteiger partial charge in [0.05, 0.1) is 0 Å². The molecule has 2 rings (SSSR count). The maximum absolute atomic E-state index is 12.2. The predicted octanol–water partition coefficient (Wildman–Crippen LogP) is 3.06. The summed E-state index contributed by atoms with van der Waals surface area (Å²) in [6.45, 7) is 5.67. The molecule has 1 saturated carbocycles. The molecule has 1 amide bonds. The number of carbonyl (C=O) groups is 1. The van der Waals surface area contributed by atoms with E-state index < -0.39 is 0 Å². The first-order valence-electron chi connectivity index (χ1n) is 7.64. The second kappa shape index (κ2) is 6.40. The van der Waals surface area contributed by atoms with Gasteiger partial charge in [-0.3, -0.25) is 4.79 Å². The molecule has 0 saturated heterocycles. The minimum absolute atomic E-state index is 0.0139. The molecule has 0 spiro atoms. The number of hydrogen-bond acceptors (Lipinski definition) is 2. The summed E-state index contributed by atoms with van der Waals surface area (Å²) < 4.78 is 0. The molecule has 0 aliphatic heterocycles. The van der Waals surface area contributed by atoms with E-state index >= 15 is 0 Å². The van der Waals surface area contributed by atoms with Crippen molar-refractivity contribution in [3.8, 4) is 0 Å². The topological polar surface area (TPSA) is 55.1 Å². The summed E-state index contributed by atoms with van der Waals surface area (Å²) in [5, 5.41) is 3.06. The Bertz CT molecular complexity index is 445. The second-order valence-corrected chi connectivity index (χ2v) is 6.37. The maximum Gasteiger partial charge on any atom is 0.251 e. The standard InChI is InChI=1S/C17H26N2O/c1-13(2)14-5-7-15(8-6-14)16(20)19-12-17(11-18)9-3-4-10-17/h5-8,13H,3-4,9-12,18H2,1-2H3,(H,19,20). The smallest absolute Gasteiger partial charge is 0.251 e. The van der Waals surface area contributed by atoms with Crippen molar-refractivity contribution in [1.82, 2.24) is 5.32 Å². The van der Waals surface area contributed by atoms with Crippen molar-refractivity contribution in [3.63, 3.8) is 0 Å². The third kappa shape index (κ3) is 3.40. The number of benzene rings is 1. The predicted molar refractivity (Wildman–Crippen MR) is 82.8 cm³/mol. The van der Waals surface area contributed by atoms with E-state index in [0.717, 1.165) is 18.4 Å². The van der Waals surface area contributed by atoms with Crippen molar-refractivity contribution in [2.45, 2.75) is 45.4 Å². The summed E-state index contributed by atoms with van der Waals surface area (Å²) in [4.78, 5) is 12.2. The highest BCUT2D eigenvalue weighted by Gasteiger charge is 2.32. The molecule has 20 heavy (non-hydrogen) atoms. The minimum Gasteiger partial charge on any atom is -0.351 e. The lowest BCUT2D eigenvalue weighted by molar-refractivity contribution is 0.0932. The van der Waals surface area contributed by atoms with Crippen LogP contribution in [0.3, 0.4) is 0 Å². The van der Waals surface area contributed by atoms with E-state index in [4.69, 9.17) is 5.73 Å². The Morgan fingerprint density at radius 1 is 1.25 bits per heavy atom. The molecule has 1 aromatic rings. The van der Waals surface area contributed by atoms with E-state index in [-0.39, 0.29) is 11.3 Å². The summed E-state index contributed by atoms with van der Waals surface area (Å²) in [5.74, 6) is 0.506. The zero-order chi connectivity index (χ0) is 14.6. The van der Waals surface area contributed by atoms with E-state index in [0.29, 0.717) is 19.0 Å². The third-order valence-corrected chi connectivity index (χ3v) is 4.56. The first kappa shape index (κ1) is 15.0. The van der Waals surface area contributed by atoms with E-state index in [9.17, 15) is 4.79 Å².